The number of aromatic nitrogens is 1. The Morgan fingerprint density at radius 3 is 2.54 bits per heavy atom. The molecule has 2 aromatic carbocycles. The van der Waals surface area contributed by atoms with Crippen LogP contribution in [0.3, 0.4) is 0 Å². The Hall–Kier alpha value is -3.79. The number of morpholine rings is 1. The Bertz CT molecular complexity index is 1330. The van der Waals surface area contributed by atoms with Crippen LogP contribution in [-0.4, -0.2) is 71.4 Å². The van der Waals surface area contributed by atoms with Crippen molar-refractivity contribution in [1.82, 2.24) is 14.8 Å². The Morgan fingerprint density at radius 1 is 1.08 bits per heavy atom. The molecule has 3 aromatic rings. The first-order valence-corrected chi connectivity index (χ1v) is 12.3. The first-order valence-electron chi connectivity index (χ1n) is 12.3. The predicted molar refractivity (Wildman–Crippen MR) is 133 cm³/mol. The molecule has 0 radical (unpaired) electrons. The van der Waals surface area contributed by atoms with Crippen molar-refractivity contribution < 1.29 is 27.9 Å². The number of benzene rings is 2. The number of fused-ring (bicyclic) bond motifs is 1. The van der Waals surface area contributed by atoms with E-state index in [0.717, 1.165) is 6.07 Å². The number of anilines is 1. The van der Waals surface area contributed by atoms with Crippen molar-refractivity contribution in [2.75, 3.05) is 38.2 Å². The van der Waals surface area contributed by atoms with Crippen LogP contribution in [0.5, 0.6) is 0 Å². The smallest absolute Gasteiger partial charge is 0.254 e. The number of ether oxygens (including phenoxy) is 1. The maximum absolute atomic E-state index is 14.0. The summed E-state index contributed by atoms with van der Waals surface area (Å²) in [7, 11) is 0. The minimum atomic E-state index is -0.690. The first kappa shape index (κ1) is 24.9. The predicted octanol–water partition coefficient (Wildman–Crippen LogP) is 3.34. The fourth-order valence-corrected chi connectivity index (χ4v) is 5.04. The third-order valence-corrected chi connectivity index (χ3v) is 7.01. The zero-order valence-corrected chi connectivity index (χ0v) is 20.4. The van der Waals surface area contributed by atoms with Crippen molar-refractivity contribution in [1.29, 1.82) is 0 Å². The van der Waals surface area contributed by atoms with Gasteiger partial charge in [-0.05, 0) is 49.7 Å². The average Bonchev–Trinajstić information content (AvgIpc) is 3.48. The molecule has 3 amide bonds. The fraction of sp³-hybridized carbons (Fsp3) is 0.370. The largest absolute Gasteiger partial charge is 0.378 e. The van der Waals surface area contributed by atoms with Crippen LogP contribution in [-0.2, 0) is 20.7 Å². The number of halogens is 2. The van der Waals surface area contributed by atoms with E-state index < -0.39 is 11.6 Å². The second kappa shape index (κ2) is 10.3. The highest BCUT2D eigenvalue weighted by atomic mass is 19.1. The van der Waals surface area contributed by atoms with Gasteiger partial charge in [0.2, 0.25) is 11.8 Å². The number of carbonyl (C=O) groups is 3. The molecule has 0 aliphatic carbocycles. The fourth-order valence-electron chi connectivity index (χ4n) is 5.04. The van der Waals surface area contributed by atoms with Crippen LogP contribution in [0.1, 0.15) is 29.4 Å². The summed E-state index contributed by atoms with van der Waals surface area (Å²) in [6.45, 7) is 4.32. The molecule has 2 aliphatic heterocycles. The molecule has 37 heavy (non-hydrogen) atoms. The Morgan fingerprint density at radius 2 is 1.81 bits per heavy atom. The maximum atomic E-state index is 14.0. The molecule has 2 unspecified atom stereocenters. The summed E-state index contributed by atoms with van der Waals surface area (Å²) in [5.74, 6) is -2.22. The number of aromatic amines is 1. The highest BCUT2D eigenvalue weighted by molar-refractivity contribution is 5.97. The lowest BCUT2D eigenvalue weighted by Gasteiger charge is -2.26. The van der Waals surface area contributed by atoms with Gasteiger partial charge in [-0.3, -0.25) is 14.4 Å². The summed E-state index contributed by atoms with van der Waals surface area (Å²) in [6, 6.07) is 10.1. The Balaban J connectivity index is 1.18. The summed E-state index contributed by atoms with van der Waals surface area (Å²) in [5.41, 5.74) is 1.90. The van der Waals surface area contributed by atoms with E-state index in [4.69, 9.17) is 4.74 Å². The lowest BCUT2D eigenvalue weighted by Crippen LogP contribution is -2.40. The van der Waals surface area contributed by atoms with Gasteiger partial charge in [-0.25, -0.2) is 8.78 Å². The highest BCUT2D eigenvalue weighted by Crippen LogP contribution is 2.27. The molecule has 5 rings (SSSR count). The maximum Gasteiger partial charge on any atom is 0.254 e. The van der Waals surface area contributed by atoms with Gasteiger partial charge in [-0.15, -0.1) is 0 Å². The number of rotatable bonds is 5. The molecular weight excluding hydrogens is 482 g/mol. The van der Waals surface area contributed by atoms with Gasteiger partial charge in [0.25, 0.3) is 5.91 Å². The van der Waals surface area contributed by atoms with E-state index in [1.165, 1.54) is 12.1 Å². The van der Waals surface area contributed by atoms with E-state index in [-0.39, 0.29) is 48.0 Å². The molecule has 194 valence electrons. The van der Waals surface area contributed by atoms with Gasteiger partial charge in [-0.2, -0.15) is 0 Å². The van der Waals surface area contributed by atoms with Crippen LogP contribution in [0.4, 0.5) is 14.5 Å². The van der Waals surface area contributed by atoms with Crippen molar-refractivity contribution in [3.8, 4) is 0 Å². The summed E-state index contributed by atoms with van der Waals surface area (Å²) in [4.78, 5) is 44.8. The number of hydrogen-bond donors (Lipinski definition) is 2. The lowest BCUT2D eigenvalue weighted by molar-refractivity contribution is -0.131. The molecule has 10 heteroatoms. The average molecular weight is 511 g/mol. The van der Waals surface area contributed by atoms with Gasteiger partial charge in [0, 0.05) is 54.1 Å². The van der Waals surface area contributed by atoms with E-state index in [1.807, 2.05) is 6.92 Å². The second-order valence-electron chi connectivity index (χ2n) is 9.62. The molecule has 2 fully saturated rings. The number of hydrogen-bond acceptors (Lipinski definition) is 4. The van der Waals surface area contributed by atoms with Gasteiger partial charge >= 0.3 is 0 Å². The van der Waals surface area contributed by atoms with Gasteiger partial charge < -0.3 is 24.8 Å². The SMILES string of the molecule is CC1CC(C(=O)Nc2ccc(C(=O)N3CCOCC3)cc2)CN1C(=O)Cc1cc2c(F)cc(F)cc2[nH]1. The van der Waals surface area contributed by atoms with E-state index >= 15 is 0 Å². The highest BCUT2D eigenvalue weighted by Gasteiger charge is 2.36. The molecule has 0 spiro atoms. The Kier molecular flexibility index (Phi) is 6.92. The zero-order chi connectivity index (χ0) is 26.1. The third-order valence-electron chi connectivity index (χ3n) is 7.01. The number of amides is 3. The van der Waals surface area contributed by atoms with Gasteiger partial charge in [-0.1, -0.05) is 0 Å². The van der Waals surface area contributed by atoms with Crippen LogP contribution < -0.4 is 5.32 Å². The number of carbonyl (C=O) groups excluding carboxylic acids is 3. The topological polar surface area (TPSA) is 94.7 Å². The number of nitrogens with one attached hydrogen (secondary N) is 2. The zero-order valence-electron chi connectivity index (χ0n) is 20.4. The molecule has 8 nitrogen and oxygen atoms in total. The van der Waals surface area contributed by atoms with Crippen molar-refractivity contribution in [2.45, 2.75) is 25.8 Å². The minimum absolute atomic E-state index is 0.00689. The molecule has 0 saturated carbocycles. The van der Waals surface area contributed by atoms with E-state index in [0.29, 0.717) is 55.2 Å². The van der Waals surface area contributed by atoms with Crippen molar-refractivity contribution in [3.05, 3.63) is 65.4 Å². The Labute approximate surface area is 212 Å². The van der Waals surface area contributed by atoms with Gasteiger partial charge in [0.15, 0.2) is 0 Å². The normalized spacial score (nSPS) is 19.9. The van der Waals surface area contributed by atoms with Crippen LogP contribution >= 0.6 is 0 Å². The van der Waals surface area contributed by atoms with Crippen LogP contribution in [0.15, 0.2) is 42.5 Å². The molecule has 2 saturated heterocycles. The summed E-state index contributed by atoms with van der Waals surface area (Å²) >= 11 is 0. The number of H-pyrrole nitrogens is 1. The van der Waals surface area contributed by atoms with Crippen LogP contribution in [0, 0.1) is 17.6 Å². The van der Waals surface area contributed by atoms with Crippen molar-refractivity contribution >= 4 is 34.3 Å². The molecule has 2 N–H and O–H groups in total. The van der Waals surface area contributed by atoms with Crippen LogP contribution in [0.2, 0.25) is 0 Å². The molecule has 2 aliphatic rings. The summed E-state index contributed by atoms with van der Waals surface area (Å²) in [6.07, 6.45) is 0.505. The third kappa shape index (κ3) is 5.34. The molecular formula is C27H28F2N4O4. The number of likely N-dealkylation sites (tertiary alicyclic amines) is 1. The molecule has 3 heterocycles. The standard InChI is InChI=1S/C27H28F2N4O4/c1-16-10-18(15-33(16)25(34)14-21-13-22-23(29)11-19(28)12-24(22)30-21)26(35)31-20-4-2-17(3-5-20)27(36)32-6-8-37-9-7-32/h2-5,11-13,16,18,30H,6-10,14-15H2,1H3,(H,31,35). The first-order chi connectivity index (χ1) is 17.8. The van der Waals surface area contributed by atoms with Crippen molar-refractivity contribution in [3.63, 3.8) is 0 Å². The van der Waals surface area contributed by atoms with Gasteiger partial charge in [0.05, 0.1) is 31.1 Å². The van der Waals surface area contributed by atoms with E-state index in [2.05, 4.69) is 10.3 Å². The number of nitrogens with zero attached hydrogens (tertiary/aromatic N) is 2. The lowest BCUT2D eigenvalue weighted by atomic mass is 10.1. The molecule has 1 aromatic heterocycles. The summed E-state index contributed by atoms with van der Waals surface area (Å²) < 4.78 is 32.8. The second-order valence-corrected chi connectivity index (χ2v) is 9.62. The van der Waals surface area contributed by atoms with Gasteiger partial charge in [0.1, 0.15) is 11.6 Å². The van der Waals surface area contributed by atoms with E-state index in [9.17, 15) is 23.2 Å². The monoisotopic (exact) mass is 510 g/mol. The molecule has 2 atom stereocenters. The van der Waals surface area contributed by atoms with Crippen LogP contribution in [0.25, 0.3) is 10.9 Å². The summed E-state index contributed by atoms with van der Waals surface area (Å²) in [5, 5.41) is 3.11. The molecule has 0 bridgehead atoms. The minimum Gasteiger partial charge on any atom is -0.378 e. The quantitative estimate of drug-likeness (QED) is 0.551. The van der Waals surface area contributed by atoms with E-state index in [1.54, 1.807) is 34.1 Å². The van der Waals surface area contributed by atoms with Crippen molar-refractivity contribution in [2.24, 2.45) is 5.92 Å².